The van der Waals surface area contributed by atoms with Gasteiger partial charge in [-0.25, -0.2) is 4.98 Å². The molecule has 2 atom stereocenters. The van der Waals surface area contributed by atoms with Crippen LogP contribution in [0.3, 0.4) is 0 Å². The highest BCUT2D eigenvalue weighted by atomic mass is 32.2. The number of carbonyl (C=O) groups is 1. The van der Waals surface area contributed by atoms with Crippen LogP contribution in [0.15, 0.2) is 18.2 Å². The van der Waals surface area contributed by atoms with E-state index >= 15 is 0 Å². The Morgan fingerprint density at radius 3 is 2.69 bits per heavy atom. The zero-order valence-corrected chi connectivity index (χ0v) is 20.3. The van der Waals surface area contributed by atoms with E-state index in [1.165, 1.54) is 26.6 Å². The molecule has 11 heteroatoms. The molecular weight excluding hydrogens is 432 g/mol. The highest BCUT2D eigenvalue weighted by Crippen LogP contribution is 2.31. The molecule has 1 saturated heterocycles. The fourth-order valence-electron chi connectivity index (χ4n) is 4.01. The number of methoxy groups -OCH3 is 1. The number of nitrogens with one attached hydrogen (secondary N) is 1. The third-order valence-corrected chi connectivity index (χ3v) is 7.34. The number of likely N-dealkylation sites (tertiary alicyclic amines) is 1. The van der Waals surface area contributed by atoms with Crippen LogP contribution in [0.2, 0.25) is 0 Å². The molecule has 0 radical (unpaired) electrons. The minimum Gasteiger partial charge on any atom is -0.481 e. The van der Waals surface area contributed by atoms with Crippen LogP contribution in [0, 0.1) is 12.8 Å². The molecule has 0 spiro atoms. The standard InChI is InChI=1S/C21H32N6O4S/c1-14-9-18(11-21(22-14)31-6)10-17-7-8-26(13-17)15(2)19-12-20(23-16(3)28)27(24-19)32(29,30)25(4)5/h9,11-12,15,17H,7-8,10,13H2,1-6H3,(H,23,28)/t15?,17-/m1/s1. The first-order valence-corrected chi connectivity index (χ1v) is 12.0. The number of ether oxygens (including phenoxy) is 1. The van der Waals surface area contributed by atoms with Crippen molar-refractivity contribution in [3.8, 4) is 5.88 Å². The van der Waals surface area contributed by atoms with Crippen LogP contribution in [0.25, 0.3) is 0 Å². The van der Waals surface area contributed by atoms with Crippen LogP contribution in [-0.4, -0.2) is 72.0 Å². The topological polar surface area (TPSA) is 110 Å². The van der Waals surface area contributed by atoms with Gasteiger partial charge in [-0.3, -0.25) is 9.69 Å². The number of aryl methyl sites for hydroxylation is 1. The minimum absolute atomic E-state index is 0.0974. The quantitative estimate of drug-likeness (QED) is 0.635. The zero-order chi connectivity index (χ0) is 23.6. The molecule has 1 amide bonds. The van der Waals surface area contributed by atoms with Crippen molar-refractivity contribution in [2.75, 3.05) is 39.6 Å². The molecule has 0 bridgehead atoms. The van der Waals surface area contributed by atoms with Gasteiger partial charge in [0.25, 0.3) is 0 Å². The number of pyridine rings is 1. The van der Waals surface area contributed by atoms with E-state index in [1.54, 1.807) is 13.2 Å². The second-order valence-corrected chi connectivity index (χ2v) is 10.4. The molecule has 1 aliphatic heterocycles. The van der Waals surface area contributed by atoms with E-state index in [1.807, 2.05) is 19.9 Å². The number of anilines is 1. The Kier molecular flexibility index (Phi) is 7.21. The number of aromatic nitrogens is 3. The smallest absolute Gasteiger partial charge is 0.324 e. The second kappa shape index (κ2) is 9.55. The molecule has 10 nitrogen and oxygen atoms in total. The second-order valence-electron chi connectivity index (χ2n) is 8.46. The number of amides is 1. The van der Waals surface area contributed by atoms with Gasteiger partial charge >= 0.3 is 10.2 Å². The molecule has 1 N–H and O–H groups in total. The Labute approximate surface area is 189 Å². The van der Waals surface area contributed by atoms with E-state index in [4.69, 9.17) is 4.74 Å². The van der Waals surface area contributed by atoms with Crippen molar-refractivity contribution in [3.63, 3.8) is 0 Å². The van der Waals surface area contributed by atoms with E-state index in [0.29, 0.717) is 17.5 Å². The number of hydrogen-bond acceptors (Lipinski definition) is 7. The van der Waals surface area contributed by atoms with Crippen molar-refractivity contribution in [2.45, 2.75) is 39.7 Å². The average molecular weight is 465 g/mol. The van der Waals surface area contributed by atoms with Gasteiger partial charge in [-0.05, 0) is 50.8 Å². The van der Waals surface area contributed by atoms with Gasteiger partial charge in [0.2, 0.25) is 11.8 Å². The first kappa shape index (κ1) is 24.1. The van der Waals surface area contributed by atoms with Gasteiger partial charge in [-0.15, -0.1) is 4.09 Å². The molecule has 3 heterocycles. The van der Waals surface area contributed by atoms with Gasteiger partial charge < -0.3 is 10.1 Å². The lowest BCUT2D eigenvalue weighted by atomic mass is 9.99. The summed E-state index contributed by atoms with van der Waals surface area (Å²) in [5, 5.41) is 6.93. The van der Waals surface area contributed by atoms with Crippen LogP contribution in [0.1, 0.15) is 43.3 Å². The van der Waals surface area contributed by atoms with Gasteiger partial charge in [0.05, 0.1) is 18.8 Å². The maximum atomic E-state index is 12.7. The SMILES string of the molecule is COc1cc(C[C@H]2CCN(C(C)c3cc(NC(C)=O)n(S(=O)(=O)N(C)C)n3)C2)cc(C)n1. The van der Waals surface area contributed by atoms with E-state index < -0.39 is 10.2 Å². The van der Waals surface area contributed by atoms with Gasteiger partial charge in [-0.1, -0.05) is 0 Å². The Bertz CT molecular complexity index is 1080. The predicted octanol–water partition coefficient (Wildman–Crippen LogP) is 1.83. The van der Waals surface area contributed by atoms with Crippen molar-refractivity contribution in [1.29, 1.82) is 0 Å². The predicted molar refractivity (Wildman–Crippen MR) is 122 cm³/mol. The van der Waals surface area contributed by atoms with Gasteiger partial charge in [0.15, 0.2) is 0 Å². The van der Waals surface area contributed by atoms with E-state index in [-0.39, 0.29) is 17.8 Å². The molecule has 0 saturated carbocycles. The highest BCUT2D eigenvalue weighted by molar-refractivity contribution is 7.87. The van der Waals surface area contributed by atoms with Gasteiger partial charge in [0, 0.05) is 45.4 Å². The largest absolute Gasteiger partial charge is 0.481 e. The maximum absolute atomic E-state index is 12.7. The molecule has 0 aromatic carbocycles. The zero-order valence-electron chi connectivity index (χ0n) is 19.5. The summed E-state index contributed by atoms with van der Waals surface area (Å²) in [4.78, 5) is 18.2. The van der Waals surface area contributed by atoms with Crippen LogP contribution >= 0.6 is 0 Å². The van der Waals surface area contributed by atoms with E-state index in [9.17, 15) is 13.2 Å². The number of rotatable bonds is 8. The molecular formula is C21H32N6O4S. The third-order valence-electron chi connectivity index (χ3n) is 5.70. The summed E-state index contributed by atoms with van der Waals surface area (Å²) < 4.78 is 32.6. The Balaban J connectivity index is 1.77. The van der Waals surface area contributed by atoms with E-state index in [2.05, 4.69) is 26.4 Å². The van der Waals surface area contributed by atoms with Crippen molar-refractivity contribution in [3.05, 3.63) is 35.2 Å². The molecule has 32 heavy (non-hydrogen) atoms. The summed E-state index contributed by atoms with van der Waals surface area (Å²) in [7, 11) is 0.615. The first-order chi connectivity index (χ1) is 15.0. The van der Waals surface area contributed by atoms with Crippen molar-refractivity contribution in [2.24, 2.45) is 5.92 Å². The maximum Gasteiger partial charge on any atom is 0.324 e. The van der Waals surface area contributed by atoms with Crippen LogP contribution in [0.4, 0.5) is 5.82 Å². The molecule has 1 unspecified atom stereocenters. The molecule has 176 valence electrons. The lowest BCUT2D eigenvalue weighted by Gasteiger charge is -2.23. The monoisotopic (exact) mass is 464 g/mol. The minimum atomic E-state index is -3.86. The molecule has 1 aliphatic rings. The molecule has 3 rings (SSSR count). The Hall–Kier alpha value is -2.50. The van der Waals surface area contributed by atoms with E-state index in [0.717, 1.165) is 40.0 Å². The highest BCUT2D eigenvalue weighted by Gasteiger charge is 2.31. The summed E-state index contributed by atoms with van der Waals surface area (Å²) in [6.45, 7) is 7.06. The molecule has 0 aliphatic carbocycles. The third kappa shape index (κ3) is 5.28. The van der Waals surface area contributed by atoms with Crippen LogP contribution in [0.5, 0.6) is 5.88 Å². The van der Waals surface area contributed by atoms with Crippen molar-refractivity contribution >= 4 is 21.9 Å². The van der Waals surface area contributed by atoms with Crippen molar-refractivity contribution < 1.29 is 17.9 Å². The molecule has 2 aromatic rings. The summed E-state index contributed by atoms with van der Waals surface area (Å²) in [6, 6.07) is 5.60. The first-order valence-electron chi connectivity index (χ1n) is 10.6. The summed E-state index contributed by atoms with van der Waals surface area (Å²) >= 11 is 0. The summed E-state index contributed by atoms with van der Waals surface area (Å²) in [6.07, 6.45) is 1.95. The lowest BCUT2D eigenvalue weighted by molar-refractivity contribution is -0.114. The Morgan fingerprint density at radius 1 is 1.34 bits per heavy atom. The summed E-state index contributed by atoms with van der Waals surface area (Å²) in [5.74, 6) is 0.875. The van der Waals surface area contributed by atoms with Crippen LogP contribution < -0.4 is 10.1 Å². The van der Waals surface area contributed by atoms with Gasteiger partial charge in [0.1, 0.15) is 5.82 Å². The fourth-order valence-corrected chi connectivity index (χ4v) is 4.87. The van der Waals surface area contributed by atoms with Crippen LogP contribution in [-0.2, 0) is 21.4 Å². The average Bonchev–Trinajstić information content (AvgIpc) is 3.34. The van der Waals surface area contributed by atoms with Gasteiger partial charge in [-0.2, -0.15) is 17.8 Å². The lowest BCUT2D eigenvalue weighted by Crippen LogP contribution is -2.31. The summed E-state index contributed by atoms with van der Waals surface area (Å²) in [5.41, 5.74) is 2.73. The fraction of sp³-hybridized carbons (Fsp3) is 0.571. The molecule has 2 aromatic heterocycles. The Morgan fingerprint density at radius 2 is 2.06 bits per heavy atom. The number of carbonyl (C=O) groups excluding carboxylic acids is 1. The number of hydrogen-bond donors (Lipinski definition) is 1. The molecule has 1 fully saturated rings. The van der Waals surface area contributed by atoms with Crippen molar-refractivity contribution in [1.82, 2.24) is 23.4 Å². The number of nitrogens with zero attached hydrogens (tertiary/aromatic N) is 5. The normalized spacial score (nSPS) is 18.2.